The number of aryl methyl sites for hydroxylation is 1. The van der Waals surface area contributed by atoms with Crippen molar-refractivity contribution in [1.82, 2.24) is 0 Å². The zero-order valence-corrected chi connectivity index (χ0v) is 22.8. The predicted octanol–water partition coefficient (Wildman–Crippen LogP) is 5.96. The number of phenolic OH excluding ortho intramolecular Hbond substituents is 2. The van der Waals surface area contributed by atoms with Crippen LogP contribution in [0.4, 0.5) is 0 Å². The molecule has 4 rings (SSSR count). The van der Waals surface area contributed by atoms with Crippen molar-refractivity contribution in [2.45, 2.75) is 27.2 Å². The highest BCUT2D eigenvalue weighted by atomic mass is 16.5. The molecule has 0 saturated heterocycles. The first-order valence-electron chi connectivity index (χ1n) is 12.1. The molecule has 0 aliphatic carbocycles. The molecule has 0 spiro atoms. The van der Waals surface area contributed by atoms with Crippen molar-refractivity contribution in [3.05, 3.63) is 98.9 Å². The summed E-state index contributed by atoms with van der Waals surface area (Å²) in [4.78, 5) is 24.4. The maximum Gasteiger partial charge on any atom is 0.200 e. The maximum absolute atomic E-state index is 12.4. The molecule has 204 valence electrons. The summed E-state index contributed by atoms with van der Waals surface area (Å²) in [7, 11) is 4.45. The number of carbonyl (C=O) groups excluding carboxylic acids is 1. The van der Waals surface area contributed by atoms with E-state index in [1.165, 1.54) is 39.5 Å². The molecule has 0 saturated carbocycles. The van der Waals surface area contributed by atoms with Gasteiger partial charge in [-0.15, -0.1) is 0 Å². The number of allylic oxidation sites excluding steroid dienone is 2. The molecule has 0 fully saturated rings. The Kier molecular flexibility index (Phi) is 9.38. The Balaban J connectivity index is 0.000000216. The lowest BCUT2D eigenvalue weighted by atomic mass is 10.0. The van der Waals surface area contributed by atoms with Gasteiger partial charge in [0.2, 0.25) is 5.78 Å². The van der Waals surface area contributed by atoms with Gasteiger partial charge in [-0.2, -0.15) is 0 Å². The van der Waals surface area contributed by atoms with Gasteiger partial charge < -0.3 is 28.8 Å². The number of hydrogen-bond acceptors (Lipinski definition) is 8. The molecule has 0 unspecified atom stereocenters. The minimum atomic E-state index is -0.294. The Morgan fingerprint density at radius 1 is 0.897 bits per heavy atom. The number of ether oxygens (including phenoxy) is 3. The first-order valence-corrected chi connectivity index (χ1v) is 12.1. The molecule has 0 aliphatic heterocycles. The monoisotopic (exact) mass is 532 g/mol. The smallest absolute Gasteiger partial charge is 0.200 e. The van der Waals surface area contributed by atoms with Crippen LogP contribution in [0.15, 0.2) is 75.5 Å². The van der Waals surface area contributed by atoms with Crippen LogP contribution in [0.2, 0.25) is 0 Å². The van der Waals surface area contributed by atoms with Gasteiger partial charge in [-0.05, 0) is 27.2 Å². The molecule has 0 radical (unpaired) electrons. The highest BCUT2D eigenvalue weighted by Crippen LogP contribution is 2.35. The van der Waals surface area contributed by atoms with Crippen LogP contribution in [0.5, 0.6) is 28.7 Å². The van der Waals surface area contributed by atoms with Crippen LogP contribution in [0, 0.1) is 6.92 Å². The normalized spacial score (nSPS) is 10.3. The van der Waals surface area contributed by atoms with E-state index < -0.39 is 0 Å². The van der Waals surface area contributed by atoms with Crippen LogP contribution in [0.1, 0.15) is 41.1 Å². The number of phenols is 2. The molecule has 8 nitrogen and oxygen atoms in total. The van der Waals surface area contributed by atoms with E-state index in [1.54, 1.807) is 37.3 Å². The van der Waals surface area contributed by atoms with Crippen LogP contribution >= 0.6 is 0 Å². The fourth-order valence-electron chi connectivity index (χ4n) is 3.96. The first-order chi connectivity index (χ1) is 18.6. The third kappa shape index (κ3) is 6.59. The zero-order chi connectivity index (χ0) is 28.7. The molecule has 2 N–H and O–H groups in total. The summed E-state index contributed by atoms with van der Waals surface area (Å²) in [5.41, 5.74) is 2.69. The number of ketones is 1. The molecule has 1 heterocycles. The van der Waals surface area contributed by atoms with Crippen LogP contribution in [-0.4, -0.2) is 37.3 Å². The van der Waals surface area contributed by atoms with Gasteiger partial charge in [-0.25, -0.2) is 0 Å². The van der Waals surface area contributed by atoms with E-state index in [1.807, 2.05) is 26.0 Å². The molecule has 39 heavy (non-hydrogen) atoms. The zero-order valence-electron chi connectivity index (χ0n) is 22.8. The lowest BCUT2D eigenvalue weighted by molar-refractivity contribution is 0.103. The van der Waals surface area contributed by atoms with E-state index >= 15 is 0 Å². The van der Waals surface area contributed by atoms with E-state index in [-0.39, 0.29) is 39.4 Å². The Hall–Kier alpha value is -4.72. The summed E-state index contributed by atoms with van der Waals surface area (Å²) < 4.78 is 21.1. The summed E-state index contributed by atoms with van der Waals surface area (Å²) in [6.45, 7) is 5.70. The average Bonchev–Trinajstić information content (AvgIpc) is 2.91. The molecule has 0 bridgehead atoms. The summed E-state index contributed by atoms with van der Waals surface area (Å²) in [5, 5.41) is 20.2. The molecule has 0 aliphatic rings. The van der Waals surface area contributed by atoms with Crippen molar-refractivity contribution in [2.24, 2.45) is 0 Å². The van der Waals surface area contributed by atoms with E-state index in [0.717, 1.165) is 11.1 Å². The van der Waals surface area contributed by atoms with Gasteiger partial charge >= 0.3 is 0 Å². The van der Waals surface area contributed by atoms with Crippen molar-refractivity contribution >= 4 is 16.8 Å². The van der Waals surface area contributed by atoms with Crippen LogP contribution in [0.25, 0.3) is 11.0 Å². The van der Waals surface area contributed by atoms with E-state index in [4.69, 9.17) is 18.6 Å². The predicted molar refractivity (Wildman–Crippen MR) is 150 cm³/mol. The number of rotatable bonds is 7. The van der Waals surface area contributed by atoms with Crippen molar-refractivity contribution in [3.63, 3.8) is 0 Å². The molecule has 0 atom stereocenters. The van der Waals surface area contributed by atoms with Crippen LogP contribution in [-0.2, 0) is 6.42 Å². The van der Waals surface area contributed by atoms with Gasteiger partial charge in [0.15, 0.2) is 5.43 Å². The Morgan fingerprint density at radius 3 is 2.15 bits per heavy atom. The fraction of sp³-hybridized carbons (Fsp3) is 0.226. The topological polar surface area (TPSA) is 115 Å². The van der Waals surface area contributed by atoms with Crippen molar-refractivity contribution in [3.8, 4) is 28.7 Å². The highest BCUT2D eigenvalue weighted by Gasteiger charge is 2.20. The third-order valence-electron chi connectivity index (χ3n) is 5.87. The SMILES string of the molecule is COc1cc(O)c(C(=O)c2ccccc2)c(OC)c1.COc1cc(O)c2c(=O)cc(C)oc2c1CC=C(C)C. The number of hydrogen-bond donors (Lipinski definition) is 2. The average molecular weight is 533 g/mol. The number of methoxy groups -OCH3 is 3. The van der Waals surface area contributed by atoms with E-state index in [0.29, 0.717) is 34.8 Å². The van der Waals surface area contributed by atoms with Crippen molar-refractivity contribution in [2.75, 3.05) is 21.3 Å². The second kappa shape index (κ2) is 12.7. The third-order valence-corrected chi connectivity index (χ3v) is 5.87. The minimum Gasteiger partial charge on any atom is -0.507 e. The Morgan fingerprint density at radius 2 is 1.56 bits per heavy atom. The molecule has 4 aromatic rings. The number of benzene rings is 3. The Bertz CT molecular complexity index is 1560. The lowest BCUT2D eigenvalue weighted by Crippen LogP contribution is -2.04. The van der Waals surface area contributed by atoms with Gasteiger partial charge in [0.05, 0.1) is 21.3 Å². The summed E-state index contributed by atoms with van der Waals surface area (Å²) >= 11 is 0. The van der Waals surface area contributed by atoms with Gasteiger partial charge in [0, 0.05) is 35.4 Å². The summed E-state index contributed by atoms with van der Waals surface area (Å²) in [6, 6.07) is 14.5. The van der Waals surface area contributed by atoms with Crippen LogP contribution in [0.3, 0.4) is 0 Å². The standard InChI is InChI=1S/C16H18O4.C15H14O4/c1-9(2)5-6-11-14(19-4)8-13(18)15-12(17)7-10(3)20-16(11)15;1-18-11-8-12(16)14(13(9-11)19-2)15(17)10-6-4-3-5-7-10/h5,7-8,18H,6H2,1-4H3;3-9,16H,1-2H3. The summed E-state index contributed by atoms with van der Waals surface area (Å²) in [5.74, 6) is 1.16. The van der Waals surface area contributed by atoms with Crippen molar-refractivity contribution in [1.29, 1.82) is 0 Å². The van der Waals surface area contributed by atoms with E-state index in [2.05, 4.69) is 0 Å². The van der Waals surface area contributed by atoms with Crippen LogP contribution < -0.4 is 19.6 Å². The molecule has 8 heteroatoms. The Labute approximate surface area is 226 Å². The first kappa shape index (κ1) is 28.8. The highest BCUT2D eigenvalue weighted by molar-refractivity contribution is 6.12. The number of aromatic hydroxyl groups is 2. The minimum absolute atomic E-state index is 0.119. The molecule has 0 amide bonds. The van der Waals surface area contributed by atoms with Gasteiger partial charge in [0.1, 0.15) is 51.0 Å². The van der Waals surface area contributed by atoms with Gasteiger partial charge in [-0.3, -0.25) is 9.59 Å². The number of fused-ring (bicyclic) bond motifs is 1. The largest absolute Gasteiger partial charge is 0.507 e. The fourth-order valence-corrected chi connectivity index (χ4v) is 3.96. The molecule has 1 aromatic heterocycles. The van der Waals surface area contributed by atoms with Crippen molar-refractivity contribution < 1.29 is 33.6 Å². The molecule has 3 aromatic carbocycles. The van der Waals surface area contributed by atoms with E-state index in [9.17, 15) is 19.8 Å². The summed E-state index contributed by atoms with van der Waals surface area (Å²) in [6.07, 6.45) is 2.60. The van der Waals surface area contributed by atoms with Gasteiger partial charge in [0.25, 0.3) is 0 Å². The molecular weight excluding hydrogens is 500 g/mol. The second-order valence-corrected chi connectivity index (χ2v) is 8.91. The second-order valence-electron chi connectivity index (χ2n) is 8.91. The quantitative estimate of drug-likeness (QED) is 0.221. The van der Waals surface area contributed by atoms with Gasteiger partial charge in [-0.1, -0.05) is 42.0 Å². The maximum atomic E-state index is 12.4. The lowest BCUT2D eigenvalue weighted by Gasteiger charge is -2.11. The molecular formula is C31H32O8. The number of carbonyl (C=O) groups is 1.